The number of amides is 1. The van der Waals surface area contributed by atoms with Gasteiger partial charge in [-0.3, -0.25) is 9.89 Å². The Morgan fingerprint density at radius 2 is 1.73 bits per heavy atom. The largest absolute Gasteiger partial charge is 0.416 e. The van der Waals surface area contributed by atoms with Crippen LogP contribution in [0.1, 0.15) is 15.9 Å². The van der Waals surface area contributed by atoms with Crippen LogP contribution in [0.5, 0.6) is 0 Å². The van der Waals surface area contributed by atoms with Gasteiger partial charge >= 0.3 is 6.18 Å². The molecule has 4 rings (SSSR count). The van der Waals surface area contributed by atoms with Gasteiger partial charge in [0.05, 0.1) is 23.0 Å². The van der Waals surface area contributed by atoms with Crippen LogP contribution in [0.3, 0.4) is 0 Å². The number of carbonyl (C=O) groups is 1. The van der Waals surface area contributed by atoms with Gasteiger partial charge in [-0.1, -0.05) is 29.8 Å². The van der Waals surface area contributed by atoms with E-state index in [1.807, 2.05) is 4.90 Å². The smallest absolute Gasteiger partial charge is 0.368 e. The molecule has 1 aliphatic rings. The highest BCUT2D eigenvalue weighted by Crippen LogP contribution is 2.32. The minimum absolute atomic E-state index is 0.169. The molecule has 1 saturated heterocycles. The molecule has 0 atom stereocenters. The number of hydrogen-bond acceptors (Lipinski definition) is 3. The van der Waals surface area contributed by atoms with Crippen molar-refractivity contribution < 1.29 is 18.0 Å². The Bertz CT molecular complexity index is 1040. The summed E-state index contributed by atoms with van der Waals surface area (Å²) < 4.78 is 38.9. The van der Waals surface area contributed by atoms with Gasteiger partial charge in [-0.05, 0) is 30.3 Å². The number of rotatable bonds is 3. The van der Waals surface area contributed by atoms with Crippen LogP contribution in [0.25, 0.3) is 11.3 Å². The molecule has 1 aromatic heterocycles. The van der Waals surface area contributed by atoms with Crippen molar-refractivity contribution in [1.29, 1.82) is 0 Å². The third-order valence-corrected chi connectivity index (χ3v) is 5.36. The van der Waals surface area contributed by atoms with E-state index in [1.54, 1.807) is 35.2 Å². The molecule has 2 heterocycles. The third kappa shape index (κ3) is 4.14. The maximum Gasteiger partial charge on any atom is 0.416 e. The molecular weight excluding hydrogens is 417 g/mol. The summed E-state index contributed by atoms with van der Waals surface area (Å²) >= 11 is 5.93. The minimum atomic E-state index is -4.38. The van der Waals surface area contributed by atoms with Crippen LogP contribution in [0.4, 0.5) is 18.9 Å². The van der Waals surface area contributed by atoms with Crippen molar-refractivity contribution in [2.24, 2.45) is 0 Å². The zero-order valence-electron chi connectivity index (χ0n) is 15.8. The number of nitrogens with zero attached hydrogens (tertiary/aromatic N) is 3. The quantitative estimate of drug-likeness (QED) is 0.649. The molecule has 156 valence electrons. The van der Waals surface area contributed by atoms with Crippen molar-refractivity contribution in [1.82, 2.24) is 15.1 Å². The van der Waals surface area contributed by atoms with Crippen LogP contribution in [0, 0.1) is 0 Å². The molecule has 0 aliphatic carbocycles. The predicted molar refractivity (Wildman–Crippen MR) is 109 cm³/mol. The van der Waals surface area contributed by atoms with E-state index >= 15 is 0 Å². The molecule has 5 nitrogen and oxygen atoms in total. The van der Waals surface area contributed by atoms with E-state index in [0.29, 0.717) is 48.1 Å². The predicted octanol–water partition coefficient (Wildman–Crippen LogP) is 4.71. The van der Waals surface area contributed by atoms with Crippen molar-refractivity contribution in [2.45, 2.75) is 6.18 Å². The molecule has 0 spiro atoms. The van der Waals surface area contributed by atoms with Gasteiger partial charge in [0.15, 0.2) is 0 Å². The van der Waals surface area contributed by atoms with Crippen LogP contribution < -0.4 is 4.90 Å². The average Bonchev–Trinajstić information content (AvgIpc) is 3.23. The molecule has 2 aromatic carbocycles. The first-order chi connectivity index (χ1) is 14.3. The molecule has 1 N–H and O–H groups in total. The van der Waals surface area contributed by atoms with E-state index in [2.05, 4.69) is 10.2 Å². The summed E-state index contributed by atoms with van der Waals surface area (Å²) in [5.74, 6) is -0.169. The molecule has 1 aliphatic heterocycles. The number of anilines is 1. The molecule has 0 unspecified atom stereocenters. The molecule has 30 heavy (non-hydrogen) atoms. The van der Waals surface area contributed by atoms with E-state index in [4.69, 9.17) is 11.6 Å². The van der Waals surface area contributed by atoms with Gasteiger partial charge in [0.25, 0.3) is 5.91 Å². The molecule has 0 radical (unpaired) electrons. The van der Waals surface area contributed by atoms with E-state index < -0.39 is 11.7 Å². The number of aromatic nitrogens is 2. The van der Waals surface area contributed by atoms with Crippen LogP contribution in [-0.2, 0) is 6.18 Å². The van der Waals surface area contributed by atoms with Gasteiger partial charge in [-0.2, -0.15) is 18.3 Å². The second kappa shape index (κ2) is 8.02. The number of hydrogen-bond donors (Lipinski definition) is 1. The number of nitrogens with one attached hydrogen (secondary N) is 1. The first-order valence-corrected chi connectivity index (χ1v) is 9.71. The van der Waals surface area contributed by atoms with Gasteiger partial charge in [0, 0.05) is 42.5 Å². The lowest BCUT2D eigenvalue weighted by molar-refractivity contribution is -0.137. The number of benzene rings is 2. The summed E-state index contributed by atoms with van der Waals surface area (Å²) in [6.45, 7) is 1.70. The van der Waals surface area contributed by atoms with Crippen molar-refractivity contribution in [3.8, 4) is 11.3 Å². The molecule has 1 amide bonds. The summed E-state index contributed by atoms with van der Waals surface area (Å²) in [4.78, 5) is 16.6. The fraction of sp³-hybridized carbons (Fsp3) is 0.238. The molecule has 3 aromatic rings. The number of carbonyl (C=O) groups excluding carboxylic acids is 1. The standard InChI is InChI=1S/C21H18ClF3N4O/c22-16-6-4-14(5-7-16)19-18(13-26-27-19)20(30)29-10-8-28(9-11-29)17-3-1-2-15(12-17)21(23,24)25/h1-7,12-13H,8-11H2,(H,26,27). The molecule has 0 bridgehead atoms. The number of aromatic amines is 1. The topological polar surface area (TPSA) is 52.2 Å². The van der Waals surface area contributed by atoms with E-state index in [1.165, 1.54) is 12.3 Å². The monoisotopic (exact) mass is 434 g/mol. The number of H-pyrrole nitrogens is 1. The fourth-order valence-corrected chi connectivity index (χ4v) is 3.63. The Balaban J connectivity index is 1.46. The maximum atomic E-state index is 13.0. The van der Waals surface area contributed by atoms with Crippen molar-refractivity contribution in [3.63, 3.8) is 0 Å². The highest BCUT2D eigenvalue weighted by molar-refractivity contribution is 6.30. The SMILES string of the molecule is O=C(c1cn[nH]c1-c1ccc(Cl)cc1)N1CCN(c2cccc(C(F)(F)F)c2)CC1. The van der Waals surface area contributed by atoms with Crippen molar-refractivity contribution >= 4 is 23.2 Å². The zero-order valence-corrected chi connectivity index (χ0v) is 16.5. The van der Waals surface area contributed by atoms with Crippen LogP contribution >= 0.6 is 11.6 Å². The molecule has 1 fully saturated rings. The molecular formula is C21H18ClF3N4O. The zero-order chi connectivity index (χ0) is 21.3. The molecule has 0 saturated carbocycles. The summed E-state index contributed by atoms with van der Waals surface area (Å²) in [7, 11) is 0. The van der Waals surface area contributed by atoms with Gasteiger partial charge in [-0.15, -0.1) is 0 Å². The second-order valence-electron chi connectivity index (χ2n) is 6.99. The lowest BCUT2D eigenvalue weighted by atomic mass is 10.1. The summed E-state index contributed by atoms with van der Waals surface area (Å²) in [6.07, 6.45) is -2.89. The lowest BCUT2D eigenvalue weighted by Crippen LogP contribution is -2.48. The summed E-state index contributed by atoms with van der Waals surface area (Å²) in [6, 6.07) is 12.3. The van der Waals surface area contributed by atoms with Crippen molar-refractivity contribution in [3.05, 3.63) is 70.9 Å². The van der Waals surface area contributed by atoms with Crippen LogP contribution in [0.2, 0.25) is 5.02 Å². The first kappa shape index (κ1) is 20.3. The minimum Gasteiger partial charge on any atom is -0.368 e. The Kier molecular flexibility index (Phi) is 5.42. The highest BCUT2D eigenvalue weighted by Gasteiger charge is 2.31. The van der Waals surface area contributed by atoms with E-state index in [9.17, 15) is 18.0 Å². The molecule has 9 heteroatoms. The van der Waals surface area contributed by atoms with E-state index in [-0.39, 0.29) is 5.91 Å². The highest BCUT2D eigenvalue weighted by atomic mass is 35.5. The fourth-order valence-electron chi connectivity index (χ4n) is 3.50. The Morgan fingerprint density at radius 3 is 2.40 bits per heavy atom. The number of piperazine rings is 1. The average molecular weight is 435 g/mol. The first-order valence-electron chi connectivity index (χ1n) is 9.34. The number of alkyl halides is 3. The number of halogens is 4. The van der Waals surface area contributed by atoms with E-state index in [0.717, 1.165) is 17.7 Å². The summed E-state index contributed by atoms with van der Waals surface area (Å²) in [5, 5.41) is 7.46. The van der Waals surface area contributed by atoms with Gasteiger partial charge in [0.2, 0.25) is 0 Å². The van der Waals surface area contributed by atoms with Crippen LogP contribution in [-0.4, -0.2) is 47.2 Å². The Hall–Kier alpha value is -3.00. The second-order valence-corrected chi connectivity index (χ2v) is 7.43. The van der Waals surface area contributed by atoms with Crippen molar-refractivity contribution in [2.75, 3.05) is 31.1 Å². The maximum absolute atomic E-state index is 13.0. The lowest BCUT2D eigenvalue weighted by Gasteiger charge is -2.36. The van der Waals surface area contributed by atoms with Gasteiger partial charge < -0.3 is 9.80 Å². The Labute approximate surface area is 176 Å². The van der Waals surface area contributed by atoms with Crippen LogP contribution in [0.15, 0.2) is 54.7 Å². The summed E-state index contributed by atoms with van der Waals surface area (Å²) in [5.41, 5.74) is 1.68. The van der Waals surface area contributed by atoms with Gasteiger partial charge in [-0.25, -0.2) is 0 Å². The Morgan fingerprint density at radius 1 is 1.03 bits per heavy atom. The normalized spacial score (nSPS) is 14.8. The van der Waals surface area contributed by atoms with Gasteiger partial charge in [0.1, 0.15) is 0 Å². The third-order valence-electron chi connectivity index (χ3n) is 5.11.